The first-order chi connectivity index (χ1) is 4.41. The minimum absolute atomic E-state index is 0.618. The number of terminal acetylenes is 1. The lowest BCUT2D eigenvalue weighted by Gasteiger charge is -1.72. The van der Waals surface area contributed by atoms with Crippen LogP contribution in [0.2, 0.25) is 0 Å². The Morgan fingerprint density at radius 2 is 2.33 bits per heavy atom. The van der Waals surface area contributed by atoms with Crippen molar-refractivity contribution in [1.29, 1.82) is 0 Å². The van der Waals surface area contributed by atoms with Crippen molar-refractivity contribution in [1.82, 2.24) is 0 Å². The smallest absolute Gasteiger partial charge is 0.0459 e. The van der Waals surface area contributed by atoms with E-state index in [4.69, 9.17) is 6.42 Å². The molecule has 0 aromatic rings. The molecule has 0 unspecified atom stereocenters. The minimum atomic E-state index is 0.618. The molecule has 42 valence electrons. The summed E-state index contributed by atoms with van der Waals surface area (Å²) in [5.41, 5.74) is 0. The SMILES string of the molecule is C#CC#CC[CH]C#C[CH2]. The van der Waals surface area contributed by atoms with Crippen LogP contribution >= 0.6 is 0 Å². The van der Waals surface area contributed by atoms with Crippen LogP contribution in [0.15, 0.2) is 0 Å². The van der Waals surface area contributed by atoms with E-state index in [0.29, 0.717) is 6.42 Å². The summed E-state index contributed by atoms with van der Waals surface area (Å²) < 4.78 is 0. The molecule has 0 N–H and O–H groups in total. The third-order valence-electron chi connectivity index (χ3n) is 0.569. The van der Waals surface area contributed by atoms with Crippen LogP contribution in [0, 0.1) is 49.4 Å². The Morgan fingerprint density at radius 3 is 2.89 bits per heavy atom. The quantitative estimate of drug-likeness (QED) is 0.353. The lowest BCUT2D eigenvalue weighted by molar-refractivity contribution is 1.38. The van der Waals surface area contributed by atoms with Crippen LogP contribution in [0.1, 0.15) is 6.42 Å². The van der Waals surface area contributed by atoms with E-state index in [1.807, 2.05) is 0 Å². The molecule has 0 saturated carbocycles. The van der Waals surface area contributed by atoms with Crippen molar-refractivity contribution in [3.05, 3.63) is 13.3 Å². The van der Waals surface area contributed by atoms with E-state index in [1.54, 1.807) is 6.42 Å². The number of hydrogen-bond acceptors (Lipinski definition) is 0. The van der Waals surface area contributed by atoms with Gasteiger partial charge in [0.25, 0.3) is 0 Å². The summed E-state index contributed by atoms with van der Waals surface area (Å²) in [6, 6.07) is 0. The highest BCUT2D eigenvalue weighted by Gasteiger charge is 1.71. The first-order valence-corrected chi connectivity index (χ1v) is 2.44. The average Bonchev–Trinajstić information content (AvgIpc) is 1.89. The van der Waals surface area contributed by atoms with Crippen LogP contribution < -0.4 is 0 Å². The zero-order valence-corrected chi connectivity index (χ0v) is 5.07. The summed E-state index contributed by atoms with van der Waals surface area (Å²) >= 11 is 0. The number of rotatable bonds is 1. The van der Waals surface area contributed by atoms with Gasteiger partial charge >= 0.3 is 0 Å². The van der Waals surface area contributed by atoms with Crippen molar-refractivity contribution in [2.45, 2.75) is 6.42 Å². The Kier molecular flexibility index (Phi) is 5.70. The van der Waals surface area contributed by atoms with Gasteiger partial charge in [-0.3, -0.25) is 0 Å². The van der Waals surface area contributed by atoms with Crippen molar-refractivity contribution in [2.75, 3.05) is 0 Å². The van der Waals surface area contributed by atoms with Gasteiger partial charge < -0.3 is 0 Å². The van der Waals surface area contributed by atoms with Gasteiger partial charge in [0.05, 0.1) is 0 Å². The van der Waals surface area contributed by atoms with Crippen molar-refractivity contribution >= 4 is 0 Å². The van der Waals surface area contributed by atoms with Gasteiger partial charge in [0, 0.05) is 19.8 Å². The summed E-state index contributed by atoms with van der Waals surface area (Å²) in [4.78, 5) is 0. The Balaban J connectivity index is 3.29. The Morgan fingerprint density at radius 1 is 1.56 bits per heavy atom. The summed E-state index contributed by atoms with van der Waals surface area (Å²) in [5, 5.41) is 0. The molecule has 0 fully saturated rings. The Bertz CT molecular complexity index is 206. The molecule has 0 heterocycles. The molecular weight excluding hydrogens is 108 g/mol. The van der Waals surface area contributed by atoms with E-state index in [2.05, 4.69) is 36.5 Å². The van der Waals surface area contributed by atoms with Gasteiger partial charge in [-0.25, -0.2) is 0 Å². The fraction of sp³-hybridized carbons (Fsp3) is 0.111. The molecule has 2 radical (unpaired) electrons. The first kappa shape index (κ1) is 7.68. The molecule has 0 spiro atoms. The lowest BCUT2D eigenvalue weighted by atomic mass is 10.3. The second-order valence-electron chi connectivity index (χ2n) is 1.18. The summed E-state index contributed by atoms with van der Waals surface area (Å²) in [5.74, 6) is 12.5. The third-order valence-corrected chi connectivity index (χ3v) is 0.569. The summed E-state index contributed by atoms with van der Waals surface area (Å²) in [6.07, 6.45) is 7.19. The molecule has 0 atom stereocenters. The summed E-state index contributed by atoms with van der Waals surface area (Å²) in [6.45, 7) is 3.32. The summed E-state index contributed by atoms with van der Waals surface area (Å²) in [7, 11) is 0. The molecule has 0 aromatic carbocycles. The molecular formula is C9H6. The maximum absolute atomic E-state index is 4.86. The van der Waals surface area contributed by atoms with E-state index in [0.717, 1.165) is 0 Å². The molecule has 0 bridgehead atoms. The van der Waals surface area contributed by atoms with Crippen LogP contribution in [0.3, 0.4) is 0 Å². The standard InChI is InChI=1S/C9H6/c1-3-5-7-9-8-6-4-2/h1,8H,2,9H2. The van der Waals surface area contributed by atoms with Gasteiger partial charge in [0.1, 0.15) is 0 Å². The van der Waals surface area contributed by atoms with Gasteiger partial charge in [-0.1, -0.05) is 11.8 Å². The highest BCUT2D eigenvalue weighted by molar-refractivity contribution is 5.24. The molecule has 0 nitrogen and oxygen atoms in total. The van der Waals surface area contributed by atoms with Crippen LogP contribution in [-0.4, -0.2) is 0 Å². The van der Waals surface area contributed by atoms with Crippen molar-refractivity contribution in [2.24, 2.45) is 0 Å². The first-order valence-electron chi connectivity index (χ1n) is 2.44. The predicted octanol–water partition coefficient (Wildman–Crippen LogP) is 1.05. The van der Waals surface area contributed by atoms with Crippen LogP contribution in [0.4, 0.5) is 0 Å². The zero-order chi connectivity index (χ0) is 6.95. The van der Waals surface area contributed by atoms with Crippen LogP contribution in [0.5, 0.6) is 0 Å². The zero-order valence-electron chi connectivity index (χ0n) is 5.07. The normalized spacial score (nSPS) is 5.33. The molecule has 0 rings (SSSR count). The molecule has 9 heavy (non-hydrogen) atoms. The van der Waals surface area contributed by atoms with Crippen molar-refractivity contribution < 1.29 is 0 Å². The van der Waals surface area contributed by atoms with Crippen molar-refractivity contribution in [3.8, 4) is 36.0 Å². The van der Waals surface area contributed by atoms with Crippen molar-refractivity contribution in [3.63, 3.8) is 0 Å². The van der Waals surface area contributed by atoms with E-state index in [9.17, 15) is 0 Å². The van der Waals surface area contributed by atoms with Gasteiger partial charge in [0.2, 0.25) is 0 Å². The monoisotopic (exact) mass is 114 g/mol. The van der Waals surface area contributed by atoms with E-state index >= 15 is 0 Å². The second-order valence-corrected chi connectivity index (χ2v) is 1.18. The fourth-order valence-electron chi connectivity index (χ4n) is 0.276. The molecule has 0 amide bonds. The Hall–Kier alpha value is -1.32. The van der Waals surface area contributed by atoms with Gasteiger partial charge in [-0.2, -0.15) is 0 Å². The molecule has 0 aliphatic heterocycles. The Labute approximate surface area is 56.7 Å². The minimum Gasteiger partial charge on any atom is -0.106 e. The highest BCUT2D eigenvalue weighted by atomic mass is 13.7. The molecule has 0 aromatic heterocycles. The van der Waals surface area contributed by atoms with Gasteiger partial charge in [-0.15, -0.1) is 12.3 Å². The van der Waals surface area contributed by atoms with E-state index in [1.165, 1.54) is 0 Å². The maximum atomic E-state index is 4.86. The maximum Gasteiger partial charge on any atom is 0.0459 e. The molecule has 0 aliphatic carbocycles. The number of unbranched alkanes of at least 4 members (excludes halogenated alkanes) is 1. The topological polar surface area (TPSA) is 0 Å². The van der Waals surface area contributed by atoms with Gasteiger partial charge in [-0.05, 0) is 11.8 Å². The highest BCUT2D eigenvalue weighted by Crippen LogP contribution is 1.79. The largest absolute Gasteiger partial charge is 0.106 e. The van der Waals surface area contributed by atoms with E-state index in [-0.39, 0.29) is 0 Å². The van der Waals surface area contributed by atoms with Crippen LogP contribution in [-0.2, 0) is 0 Å². The molecule has 0 heteroatoms. The van der Waals surface area contributed by atoms with E-state index < -0.39 is 0 Å². The lowest BCUT2D eigenvalue weighted by Crippen LogP contribution is -1.65. The average molecular weight is 114 g/mol. The molecule has 0 aliphatic rings. The third kappa shape index (κ3) is 6.68. The number of hydrogen-bond donors (Lipinski definition) is 0. The fourth-order valence-corrected chi connectivity index (χ4v) is 0.276. The predicted molar refractivity (Wildman–Crippen MR) is 38.7 cm³/mol. The van der Waals surface area contributed by atoms with Crippen LogP contribution in [0.25, 0.3) is 0 Å². The second kappa shape index (κ2) is 6.68. The van der Waals surface area contributed by atoms with Gasteiger partial charge in [0.15, 0.2) is 0 Å². The molecule has 0 saturated heterocycles.